The van der Waals surface area contributed by atoms with Crippen LogP contribution in [0.4, 0.5) is 0 Å². The van der Waals surface area contributed by atoms with Crippen molar-refractivity contribution in [2.45, 2.75) is 51.0 Å². The van der Waals surface area contributed by atoms with Crippen LogP contribution in [0.5, 0.6) is 0 Å². The normalized spacial score (nSPS) is 16.8. The summed E-state index contributed by atoms with van der Waals surface area (Å²) < 4.78 is 25.2. The Balaban J connectivity index is 1.89. The van der Waals surface area contributed by atoms with E-state index in [4.69, 9.17) is 0 Å². The van der Waals surface area contributed by atoms with E-state index in [2.05, 4.69) is 5.32 Å². The summed E-state index contributed by atoms with van der Waals surface area (Å²) >= 11 is 0. The quantitative estimate of drug-likeness (QED) is 0.766. The van der Waals surface area contributed by atoms with Gasteiger partial charge in [-0.25, -0.2) is 8.42 Å². The zero-order valence-corrected chi connectivity index (χ0v) is 15.2. The minimum absolute atomic E-state index is 0.0951. The second kappa shape index (κ2) is 9.18. The number of sulfonamides is 1. The Bertz CT molecular complexity index is 608. The highest BCUT2D eigenvalue weighted by Gasteiger charge is 2.22. The van der Waals surface area contributed by atoms with Crippen LogP contribution in [0, 0.1) is 0 Å². The van der Waals surface area contributed by atoms with E-state index in [1.807, 2.05) is 30.3 Å². The lowest BCUT2D eigenvalue weighted by Gasteiger charge is -2.22. The van der Waals surface area contributed by atoms with E-state index in [-0.39, 0.29) is 18.5 Å². The molecule has 1 aliphatic carbocycles. The van der Waals surface area contributed by atoms with Crippen molar-refractivity contribution in [2.75, 3.05) is 19.3 Å². The molecule has 0 saturated heterocycles. The molecule has 1 saturated carbocycles. The number of hydrogen-bond acceptors (Lipinski definition) is 3. The first-order valence-corrected chi connectivity index (χ1v) is 10.6. The third-order valence-corrected chi connectivity index (χ3v) is 5.75. The van der Waals surface area contributed by atoms with Crippen LogP contribution < -0.4 is 5.32 Å². The molecule has 1 fully saturated rings. The SMILES string of the molecule is CS(=O)(=O)N(CCc1ccccc1)CC(=O)NC1CCCCCC1. The second-order valence-electron chi connectivity index (χ2n) is 6.59. The highest BCUT2D eigenvalue weighted by molar-refractivity contribution is 7.88. The van der Waals surface area contributed by atoms with Crippen LogP contribution in [0.2, 0.25) is 0 Å². The minimum atomic E-state index is -3.41. The number of carbonyl (C=O) groups is 1. The van der Waals surface area contributed by atoms with Gasteiger partial charge in [0.25, 0.3) is 0 Å². The second-order valence-corrected chi connectivity index (χ2v) is 8.57. The Kier molecular flexibility index (Phi) is 7.24. The van der Waals surface area contributed by atoms with Crippen LogP contribution in [-0.4, -0.2) is 44.0 Å². The van der Waals surface area contributed by atoms with Crippen LogP contribution >= 0.6 is 0 Å². The summed E-state index contributed by atoms with van der Waals surface area (Å²) in [6.45, 7) is 0.225. The first kappa shape index (κ1) is 18.9. The van der Waals surface area contributed by atoms with Gasteiger partial charge in [0.2, 0.25) is 15.9 Å². The molecule has 24 heavy (non-hydrogen) atoms. The topological polar surface area (TPSA) is 66.5 Å². The third-order valence-electron chi connectivity index (χ3n) is 4.50. The van der Waals surface area contributed by atoms with E-state index in [0.29, 0.717) is 13.0 Å². The standard InChI is InChI=1S/C18H28N2O3S/c1-24(22,23)20(14-13-16-9-5-4-6-10-16)15-18(21)19-17-11-7-2-3-8-12-17/h4-6,9-10,17H,2-3,7-8,11-15H2,1H3,(H,19,21). The average Bonchev–Trinajstić information content (AvgIpc) is 2.80. The molecule has 0 radical (unpaired) electrons. The van der Waals surface area contributed by atoms with Crippen molar-refractivity contribution < 1.29 is 13.2 Å². The van der Waals surface area contributed by atoms with Crippen molar-refractivity contribution >= 4 is 15.9 Å². The lowest BCUT2D eigenvalue weighted by Crippen LogP contribution is -2.44. The zero-order chi connectivity index (χ0) is 17.4. The summed E-state index contributed by atoms with van der Waals surface area (Å²) in [6, 6.07) is 9.91. The summed E-state index contributed by atoms with van der Waals surface area (Å²) in [6.07, 6.45) is 8.46. The fraction of sp³-hybridized carbons (Fsp3) is 0.611. The van der Waals surface area contributed by atoms with Crippen molar-refractivity contribution in [1.29, 1.82) is 0 Å². The highest BCUT2D eigenvalue weighted by atomic mass is 32.2. The minimum Gasteiger partial charge on any atom is -0.352 e. The Morgan fingerprint density at radius 1 is 1.12 bits per heavy atom. The molecule has 0 spiro atoms. The van der Waals surface area contributed by atoms with Gasteiger partial charge >= 0.3 is 0 Å². The number of benzene rings is 1. The van der Waals surface area contributed by atoms with E-state index in [0.717, 1.165) is 37.5 Å². The van der Waals surface area contributed by atoms with Gasteiger partial charge in [-0.15, -0.1) is 0 Å². The summed E-state index contributed by atoms with van der Waals surface area (Å²) in [5.41, 5.74) is 1.07. The summed E-state index contributed by atoms with van der Waals surface area (Å²) in [5, 5.41) is 3.01. The van der Waals surface area contributed by atoms with Crippen molar-refractivity contribution in [2.24, 2.45) is 0 Å². The maximum absolute atomic E-state index is 12.3. The molecule has 1 aromatic carbocycles. The predicted molar refractivity (Wildman–Crippen MR) is 96.2 cm³/mol. The molecule has 6 heteroatoms. The van der Waals surface area contributed by atoms with E-state index in [1.54, 1.807) is 0 Å². The summed E-state index contributed by atoms with van der Waals surface area (Å²) in [5.74, 6) is -0.194. The van der Waals surface area contributed by atoms with Gasteiger partial charge in [0.15, 0.2) is 0 Å². The molecule has 5 nitrogen and oxygen atoms in total. The molecule has 0 atom stereocenters. The molecule has 0 unspecified atom stereocenters. The van der Waals surface area contributed by atoms with Gasteiger partial charge in [-0.1, -0.05) is 56.0 Å². The lowest BCUT2D eigenvalue weighted by atomic mass is 10.1. The van der Waals surface area contributed by atoms with Crippen molar-refractivity contribution in [3.05, 3.63) is 35.9 Å². The Hall–Kier alpha value is -1.40. The van der Waals surface area contributed by atoms with Crippen LogP contribution in [0.3, 0.4) is 0 Å². The fourth-order valence-corrected chi connectivity index (χ4v) is 3.89. The number of rotatable bonds is 7. The molecule has 1 aliphatic rings. The van der Waals surface area contributed by atoms with Gasteiger partial charge in [0.05, 0.1) is 12.8 Å². The average molecular weight is 353 g/mol. The van der Waals surface area contributed by atoms with Gasteiger partial charge in [0, 0.05) is 12.6 Å². The smallest absolute Gasteiger partial charge is 0.235 e. The Morgan fingerprint density at radius 2 is 1.75 bits per heavy atom. The monoisotopic (exact) mass is 352 g/mol. The van der Waals surface area contributed by atoms with Crippen LogP contribution in [-0.2, 0) is 21.2 Å². The highest BCUT2D eigenvalue weighted by Crippen LogP contribution is 2.17. The van der Waals surface area contributed by atoms with E-state index >= 15 is 0 Å². The zero-order valence-electron chi connectivity index (χ0n) is 14.4. The molecule has 2 rings (SSSR count). The van der Waals surface area contributed by atoms with Crippen molar-refractivity contribution in [3.63, 3.8) is 0 Å². The lowest BCUT2D eigenvalue weighted by molar-refractivity contribution is -0.122. The molecular weight excluding hydrogens is 324 g/mol. The first-order valence-electron chi connectivity index (χ1n) is 8.73. The van der Waals surface area contributed by atoms with E-state index in [9.17, 15) is 13.2 Å². The molecule has 1 N–H and O–H groups in total. The maximum Gasteiger partial charge on any atom is 0.235 e. The van der Waals surface area contributed by atoms with Gasteiger partial charge in [-0.2, -0.15) is 4.31 Å². The molecule has 0 aromatic heterocycles. The molecule has 0 bridgehead atoms. The predicted octanol–water partition coefficient (Wildman–Crippen LogP) is 2.33. The van der Waals surface area contributed by atoms with E-state index < -0.39 is 10.0 Å². The Labute approximate surface area is 145 Å². The fourth-order valence-electron chi connectivity index (χ4n) is 3.12. The molecule has 0 aliphatic heterocycles. The van der Waals surface area contributed by atoms with Crippen LogP contribution in [0.15, 0.2) is 30.3 Å². The number of nitrogens with one attached hydrogen (secondary N) is 1. The number of carbonyl (C=O) groups excluding carboxylic acids is 1. The summed E-state index contributed by atoms with van der Waals surface area (Å²) in [7, 11) is -3.41. The van der Waals surface area contributed by atoms with Crippen molar-refractivity contribution in [1.82, 2.24) is 9.62 Å². The van der Waals surface area contributed by atoms with Gasteiger partial charge < -0.3 is 5.32 Å². The molecule has 1 amide bonds. The largest absolute Gasteiger partial charge is 0.352 e. The molecular formula is C18H28N2O3S. The molecule has 134 valence electrons. The third kappa shape index (κ3) is 6.61. The molecule has 0 heterocycles. The first-order chi connectivity index (χ1) is 11.4. The molecule has 1 aromatic rings. The van der Waals surface area contributed by atoms with Gasteiger partial charge in [-0.3, -0.25) is 4.79 Å². The van der Waals surface area contributed by atoms with Crippen molar-refractivity contribution in [3.8, 4) is 0 Å². The number of amides is 1. The van der Waals surface area contributed by atoms with Crippen LogP contribution in [0.25, 0.3) is 0 Å². The maximum atomic E-state index is 12.3. The van der Waals surface area contributed by atoms with Gasteiger partial charge in [0.1, 0.15) is 0 Å². The van der Waals surface area contributed by atoms with Gasteiger partial charge in [-0.05, 0) is 24.8 Å². The van der Waals surface area contributed by atoms with E-state index in [1.165, 1.54) is 17.1 Å². The van der Waals surface area contributed by atoms with Crippen LogP contribution in [0.1, 0.15) is 44.1 Å². The number of hydrogen-bond donors (Lipinski definition) is 1. The Morgan fingerprint density at radius 3 is 2.33 bits per heavy atom. The summed E-state index contributed by atoms with van der Waals surface area (Å²) in [4.78, 5) is 12.3. The number of nitrogens with zero attached hydrogens (tertiary/aromatic N) is 1.